The molecule has 0 amide bonds. The standard InChI is InChI=1S/C14H18N2S/c1-10(2)9-11-3-5-12(6-4-11)13(15)14-16-7-8-17-14/h3-8,10,13H,9,15H2,1-2H3. The minimum absolute atomic E-state index is 0.0944. The van der Waals surface area contributed by atoms with E-state index in [-0.39, 0.29) is 6.04 Å². The molecule has 2 N–H and O–H groups in total. The van der Waals surface area contributed by atoms with Crippen LogP contribution in [0.5, 0.6) is 0 Å². The van der Waals surface area contributed by atoms with Crippen LogP contribution in [-0.2, 0) is 6.42 Å². The molecule has 0 aliphatic heterocycles. The van der Waals surface area contributed by atoms with Crippen molar-refractivity contribution < 1.29 is 0 Å². The van der Waals surface area contributed by atoms with Crippen molar-refractivity contribution in [1.82, 2.24) is 4.98 Å². The van der Waals surface area contributed by atoms with Gasteiger partial charge >= 0.3 is 0 Å². The molecule has 1 unspecified atom stereocenters. The maximum atomic E-state index is 6.16. The number of nitrogens with zero attached hydrogens (tertiary/aromatic N) is 1. The van der Waals surface area contributed by atoms with Gasteiger partial charge in [0.05, 0.1) is 6.04 Å². The van der Waals surface area contributed by atoms with Crippen LogP contribution in [0.2, 0.25) is 0 Å². The first-order valence-electron chi connectivity index (χ1n) is 5.90. The van der Waals surface area contributed by atoms with Crippen molar-refractivity contribution in [3.8, 4) is 0 Å². The normalized spacial score (nSPS) is 12.9. The van der Waals surface area contributed by atoms with E-state index < -0.39 is 0 Å². The Morgan fingerprint density at radius 2 is 1.94 bits per heavy atom. The first-order chi connectivity index (χ1) is 8.16. The van der Waals surface area contributed by atoms with Gasteiger partial charge in [-0.2, -0.15) is 0 Å². The fourth-order valence-electron chi connectivity index (χ4n) is 1.86. The highest BCUT2D eigenvalue weighted by molar-refractivity contribution is 7.09. The first-order valence-corrected chi connectivity index (χ1v) is 6.78. The molecule has 1 aromatic heterocycles. The van der Waals surface area contributed by atoms with Crippen LogP contribution in [-0.4, -0.2) is 4.98 Å². The molecule has 90 valence electrons. The fraction of sp³-hybridized carbons (Fsp3) is 0.357. The van der Waals surface area contributed by atoms with Crippen LogP contribution in [0.15, 0.2) is 35.8 Å². The monoisotopic (exact) mass is 246 g/mol. The van der Waals surface area contributed by atoms with Gasteiger partial charge in [0.15, 0.2) is 0 Å². The van der Waals surface area contributed by atoms with Gasteiger partial charge in [-0.25, -0.2) is 4.98 Å². The highest BCUT2D eigenvalue weighted by Crippen LogP contribution is 2.22. The third-order valence-corrected chi connectivity index (χ3v) is 3.56. The summed E-state index contributed by atoms with van der Waals surface area (Å²) in [7, 11) is 0. The van der Waals surface area contributed by atoms with Crippen LogP contribution in [0.25, 0.3) is 0 Å². The van der Waals surface area contributed by atoms with E-state index in [1.807, 2.05) is 5.38 Å². The Kier molecular flexibility index (Phi) is 3.92. The molecule has 2 nitrogen and oxygen atoms in total. The maximum Gasteiger partial charge on any atom is 0.114 e. The van der Waals surface area contributed by atoms with Gasteiger partial charge in [-0.1, -0.05) is 38.1 Å². The number of nitrogens with two attached hydrogens (primary N) is 1. The Morgan fingerprint density at radius 1 is 1.24 bits per heavy atom. The molecule has 0 bridgehead atoms. The second kappa shape index (κ2) is 5.43. The highest BCUT2D eigenvalue weighted by Gasteiger charge is 2.11. The molecular weight excluding hydrogens is 228 g/mol. The maximum absolute atomic E-state index is 6.16. The molecule has 0 aliphatic rings. The number of hydrogen-bond acceptors (Lipinski definition) is 3. The lowest BCUT2D eigenvalue weighted by Crippen LogP contribution is -2.11. The first kappa shape index (κ1) is 12.3. The van der Waals surface area contributed by atoms with Crippen molar-refractivity contribution in [3.05, 3.63) is 52.0 Å². The number of rotatable bonds is 4. The number of hydrogen-bond donors (Lipinski definition) is 1. The zero-order valence-corrected chi connectivity index (χ0v) is 11.1. The number of aromatic nitrogens is 1. The second-order valence-electron chi connectivity index (χ2n) is 4.69. The third-order valence-electron chi connectivity index (χ3n) is 2.70. The molecule has 1 atom stereocenters. The van der Waals surface area contributed by atoms with Crippen molar-refractivity contribution in [2.45, 2.75) is 26.3 Å². The topological polar surface area (TPSA) is 38.9 Å². The van der Waals surface area contributed by atoms with Crippen molar-refractivity contribution in [3.63, 3.8) is 0 Å². The zero-order valence-electron chi connectivity index (χ0n) is 10.3. The summed E-state index contributed by atoms with van der Waals surface area (Å²) in [5.74, 6) is 0.688. The highest BCUT2D eigenvalue weighted by atomic mass is 32.1. The van der Waals surface area contributed by atoms with E-state index in [9.17, 15) is 0 Å². The predicted octanol–water partition coefficient (Wildman–Crippen LogP) is 3.39. The van der Waals surface area contributed by atoms with E-state index in [1.54, 1.807) is 17.5 Å². The quantitative estimate of drug-likeness (QED) is 0.898. The van der Waals surface area contributed by atoms with E-state index in [4.69, 9.17) is 5.73 Å². The average molecular weight is 246 g/mol. The molecule has 0 radical (unpaired) electrons. The number of benzene rings is 1. The Labute approximate surface area is 107 Å². The summed E-state index contributed by atoms with van der Waals surface area (Å²) in [5.41, 5.74) is 8.66. The summed E-state index contributed by atoms with van der Waals surface area (Å²) in [6.45, 7) is 4.46. The van der Waals surface area contributed by atoms with E-state index in [0.29, 0.717) is 5.92 Å². The van der Waals surface area contributed by atoms with Crippen LogP contribution in [0, 0.1) is 5.92 Å². The van der Waals surface area contributed by atoms with Gasteiger partial charge in [-0.15, -0.1) is 11.3 Å². The SMILES string of the molecule is CC(C)Cc1ccc(C(N)c2nccs2)cc1. The van der Waals surface area contributed by atoms with E-state index >= 15 is 0 Å². The van der Waals surface area contributed by atoms with Gasteiger partial charge in [0.2, 0.25) is 0 Å². The van der Waals surface area contributed by atoms with E-state index in [2.05, 4.69) is 43.1 Å². The second-order valence-corrected chi connectivity index (χ2v) is 5.61. The molecule has 0 aliphatic carbocycles. The minimum atomic E-state index is -0.0944. The molecule has 17 heavy (non-hydrogen) atoms. The van der Waals surface area contributed by atoms with Crippen molar-refractivity contribution in [2.75, 3.05) is 0 Å². The van der Waals surface area contributed by atoms with Gasteiger partial charge in [-0.05, 0) is 23.5 Å². The van der Waals surface area contributed by atoms with Crippen molar-refractivity contribution >= 4 is 11.3 Å². The van der Waals surface area contributed by atoms with Crippen LogP contribution in [0.4, 0.5) is 0 Å². The van der Waals surface area contributed by atoms with Crippen molar-refractivity contribution in [2.24, 2.45) is 11.7 Å². The van der Waals surface area contributed by atoms with Crippen LogP contribution in [0.1, 0.15) is 36.0 Å². The predicted molar refractivity (Wildman–Crippen MR) is 73.1 cm³/mol. The van der Waals surface area contributed by atoms with Gasteiger partial charge in [0.25, 0.3) is 0 Å². The molecule has 0 saturated heterocycles. The van der Waals surface area contributed by atoms with Crippen molar-refractivity contribution in [1.29, 1.82) is 0 Å². The van der Waals surface area contributed by atoms with E-state index in [1.165, 1.54) is 5.56 Å². The average Bonchev–Trinajstić information content (AvgIpc) is 2.82. The summed E-state index contributed by atoms with van der Waals surface area (Å²) < 4.78 is 0. The lowest BCUT2D eigenvalue weighted by molar-refractivity contribution is 0.647. The largest absolute Gasteiger partial charge is 0.318 e. The summed E-state index contributed by atoms with van der Waals surface area (Å²) >= 11 is 1.60. The van der Waals surface area contributed by atoms with Crippen LogP contribution in [0.3, 0.4) is 0 Å². The third kappa shape index (κ3) is 3.14. The van der Waals surface area contributed by atoms with Crippen LogP contribution >= 0.6 is 11.3 Å². The molecule has 2 rings (SSSR count). The van der Waals surface area contributed by atoms with Crippen LogP contribution < -0.4 is 5.73 Å². The van der Waals surface area contributed by atoms with Gasteiger partial charge in [-0.3, -0.25) is 0 Å². The van der Waals surface area contributed by atoms with E-state index in [0.717, 1.165) is 17.0 Å². The number of thiazole rings is 1. The Bertz CT molecular complexity index is 446. The molecule has 0 spiro atoms. The Morgan fingerprint density at radius 3 is 2.47 bits per heavy atom. The summed E-state index contributed by atoms with van der Waals surface area (Å²) in [4.78, 5) is 4.26. The molecule has 3 heteroatoms. The fourth-order valence-corrected chi connectivity index (χ4v) is 2.53. The van der Waals surface area contributed by atoms with Gasteiger partial charge in [0.1, 0.15) is 5.01 Å². The summed E-state index contributed by atoms with van der Waals surface area (Å²) in [6, 6.07) is 8.47. The van der Waals surface area contributed by atoms with Gasteiger partial charge < -0.3 is 5.73 Å². The summed E-state index contributed by atoms with van der Waals surface area (Å²) in [6.07, 6.45) is 2.92. The van der Waals surface area contributed by atoms with Gasteiger partial charge in [0, 0.05) is 11.6 Å². The minimum Gasteiger partial charge on any atom is -0.318 e. The lowest BCUT2D eigenvalue weighted by Gasteiger charge is -2.10. The zero-order chi connectivity index (χ0) is 12.3. The lowest BCUT2D eigenvalue weighted by atomic mass is 10.00. The molecular formula is C14H18N2S. The molecule has 0 saturated carbocycles. The molecule has 2 aromatic rings. The summed E-state index contributed by atoms with van der Waals surface area (Å²) in [5, 5.41) is 2.93. The smallest absolute Gasteiger partial charge is 0.114 e. The Hall–Kier alpha value is -1.19. The molecule has 1 heterocycles. The molecule has 0 fully saturated rings. The Balaban J connectivity index is 2.12. The molecule has 1 aromatic carbocycles.